The summed E-state index contributed by atoms with van der Waals surface area (Å²) in [4.78, 5) is 9.25. The molecule has 0 amide bonds. The highest BCUT2D eigenvalue weighted by molar-refractivity contribution is 9.10. The molecule has 0 spiro atoms. The van der Waals surface area contributed by atoms with Crippen LogP contribution in [0.2, 0.25) is 0 Å². The number of nitrogens with one attached hydrogen (secondary N) is 1. The minimum atomic E-state index is -0.0296. The van der Waals surface area contributed by atoms with Crippen LogP contribution in [0.4, 0.5) is 5.82 Å². The summed E-state index contributed by atoms with van der Waals surface area (Å²) in [5.74, 6) is 1.60. The molecule has 96 valence electrons. The van der Waals surface area contributed by atoms with Crippen molar-refractivity contribution < 1.29 is 0 Å². The van der Waals surface area contributed by atoms with Gasteiger partial charge in [0.05, 0.1) is 10.2 Å². The average molecular weight is 326 g/mol. The van der Waals surface area contributed by atoms with Crippen molar-refractivity contribution in [2.75, 3.05) is 12.4 Å². The second-order valence-corrected chi connectivity index (χ2v) is 6.64. The van der Waals surface area contributed by atoms with Crippen LogP contribution >= 0.6 is 27.3 Å². The number of hydrogen-bond donors (Lipinski definition) is 1. The maximum atomic E-state index is 4.70. The molecule has 0 radical (unpaired) electrons. The number of anilines is 1. The Bertz CT molecular complexity index is 544. The van der Waals surface area contributed by atoms with Gasteiger partial charge < -0.3 is 5.32 Å². The lowest BCUT2D eigenvalue weighted by Crippen LogP contribution is -2.17. The summed E-state index contributed by atoms with van der Waals surface area (Å²) < 4.78 is 0.941. The van der Waals surface area contributed by atoms with E-state index in [-0.39, 0.29) is 5.41 Å². The third kappa shape index (κ3) is 2.57. The van der Waals surface area contributed by atoms with E-state index in [2.05, 4.69) is 52.4 Å². The number of nitrogens with zero attached hydrogens (tertiary/aromatic N) is 2. The maximum Gasteiger partial charge on any atom is 0.162 e. The molecule has 0 aliphatic rings. The minimum Gasteiger partial charge on any atom is -0.372 e. The Hall–Kier alpha value is -0.940. The Kier molecular flexibility index (Phi) is 3.73. The van der Waals surface area contributed by atoms with Gasteiger partial charge in [0.1, 0.15) is 5.82 Å². The average Bonchev–Trinajstić information content (AvgIpc) is 2.81. The summed E-state index contributed by atoms with van der Waals surface area (Å²) in [6, 6.07) is 2.04. The predicted molar refractivity (Wildman–Crippen MR) is 81.3 cm³/mol. The fourth-order valence-electron chi connectivity index (χ4n) is 1.63. The van der Waals surface area contributed by atoms with E-state index in [1.54, 1.807) is 11.3 Å². The Morgan fingerprint density at radius 2 is 2.00 bits per heavy atom. The lowest BCUT2D eigenvalue weighted by atomic mass is 9.91. The van der Waals surface area contributed by atoms with Gasteiger partial charge >= 0.3 is 0 Å². The third-order valence-electron chi connectivity index (χ3n) is 2.58. The Morgan fingerprint density at radius 3 is 2.50 bits per heavy atom. The summed E-state index contributed by atoms with van der Waals surface area (Å²) in [6.07, 6.45) is 0. The second kappa shape index (κ2) is 4.97. The molecule has 18 heavy (non-hydrogen) atoms. The highest BCUT2D eigenvalue weighted by atomic mass is 79.9. The van der Waals surface area contributed by atoms with E-state index in [0.717, 1.165) is 27.4 Å². The first-order valence-corrected chi connectivity index (χ1v) is 7.45. The van der Waals surface area contributed by atoms with Crippen LogP contribution in [0, 0.1) is 0 Å². The summed E-state index contributed by atoms with van der Waals surface area (Å²) in [6.45, 7) is 6.45. The molecule has 3 nitrogen and oxygen atoms in total. The highest BCUT2D eigenvalue weighted by Crippen LogP contribution is 2.34. The SMILES string of the molecule is CNc1nc(-c2ccsc2)nc(C(C)(C)C)c1Br. The molecule has 0 aliphatic carbocycles. The Labute approximate surface area is 120 Å². The van der Waals surface area contributed by atoms with E-state index in [1.807, 2.05) is 18.5 Å². The van der Waals surface area contributed by atoms with Crippen molar-refractivity contribution in [2.24, 2.45) is 0 Å². The van der Waals surface area contributed by atoms with Crippen LogP contribution in [-0.2, 0) is 5.41 Å². The molecule has 2 rings (SSSR count). The standard InChI is InChI=1S/C13H16BrN3S/c1-13(2,3)10-9(14)12(15-4)17-11(16-10)8-5-6-18-7-8/h5-7H,1-4H3,(H,15,16,17). The molecule has 0 saturated heterocycles. The van der Waals surface area contributed by atoms with Crippen molar-refractivity contribution in [3.8, 4) is 11.4 Å². The fraction of sp³-hybridized carbons (Fsp3) is 0.385. The van der Waals surface area contributed by atoms with E-state index in [9.17, 15) is 0 Å². The Balaban J connectivity index is 2.64. The number of aromatic nitrogens is 2. The summed E-state index contributed by atoms with van der Waals surface area (Å²) >= 11 is 5.24. The van der Waals surface area contributed by atoms with E-state index in [4.69, 9.17) is 4.98 Å². The zero-order chi connectivity index (χ0) is 13.3. The van der Waals surface area contributed by atoms with Crippen molar-refractivity contribution in [2.45, 2.75) is 26.2 Å². The van der Waals surface area contributed by atoms with Crippen LogP contribution in [0.25, 0.3) is 11.4 Å². The van der Waals surface area contributed by atoms with Crippen LogP contribution < -0.4 is 5.32 Å². The van der Waals surface area contributed by atoms with E-state index in [1.165, 1.54) is 0 Å². The molecule has 2 aromatic heterocycles. The molecule has 0 unspecified atom stereocenters. The first-order chi connectivity index (χ1) is 8.43. The van der Waals surface area contributed by atoms with Gasteiger partial charge in [0.15, 0.2) is 5.82 Å². The molecule has 2 heterocycles. The number of rotatable bonds is 2. The van der Waals surface area contributed by atoms with Crippen molar-refractivity contribution in [3.05, 3.63) is 27.0 Å². The first kappa shape index (κ1) is 13.5. The minimum absolute atomic E-state index is 0.0296. The number of thiophene rings is 1. The van der Waals surface area contributed by atoms with Gasteiger partial charge in [-0.3, -0.25) is 0 Å². The Morgan fingerprint density at radius 1 is 1.28 bits per heavy atom. The summed E-state index contributed by atoms with van der Waals surface area (Å²) in [7, 11) is 1.87. The van der Waals surface area contributed by atoms with Crippen molar-refractivity contribution in [1.29, 1.82) is 0 Å². The second-order valence-electron chi connectivity index (χ2n) is 5.07. The number of hydrogen-bond acceptors (Lipinski definition) is 4. The molecule has 2 aromatic rings. The van der Waals surface area contributed by atoms with Crippen LogP contribution in [0.1, 0.15) is 26.5 Å². The maximum absolute atomic E-state index is 4.70. The number of halogens is 1. The molecule has 0 saturated carbocycles. The van der Waals surface area contributed by atoms with Gasteiger partial charge in [-0.05, 0) is 27.4 Å². The van der Waals surface area contributed by atoms with E-state index in [0.29, 0.717) is 0 Å². The van der Waals surface area contributed by atoms with Gasteiger partial charge in [-0.1, -0.05) is 20.8 Å². The zero-order valence-electron chi connectivity index (χ0n) is 10.9. The molecule has 0 fully saturated rings. The van der Waals surface area contributed by atoms with E-state index >= 15 is 0 Å². The zero-order valence-corrected chi connectivity index (χ0v) is 13.3. The molecular weight excluding hydrogens is 310 g/mol. The molecule has 0 aromatic carbocycles. The molecule has 0 bridgehead atoms. The van der Waals surface area contributed by atoms with Gasteiger partial charge in [0, 0.05) is 23.4 Å². The van der Waals surface area contributed by atoms with Crippen molar-refractivity contribution in [1.82, 2.24) is 9.97 Å². The van der Waals surface area contributed by atoms with Gasteiger partial charge in [-0.25, -0.2) is 9.97 Å². The van der Waals surface area contributed by atoms with Crippen LogP contribution in [-0.4, -0.2) is 17.0 Å². The predicted octanol–water partition coefficient (Wildman–Crippen LogP) is 4.31. The quantitative estimate of drug-likeness (QED) is 0.894. The normalized spacial score (nSPS) is 11.6. The van der Waals surface area contributed by atoms with Crippen LogP contribution in [0.3, 0.4) is 0 Å². The third-order valence-corrected chi connectivity index (χ3v) is 4.01. The summed E-state index contributed by atoms with van der Waals surface area (Å²) in [5, 5.41) is 7.22. The topological polar surface area (TPSA) is 37.8 Å². The van der Waals surface area contributed by atoms with Crippen LogP contribution in [0.5, 0.6) is 0 Å². The van der Waals surface area contributed by atoms with Gasteiger partial charge in [0.25, 0.3) is 0 Å². The smallest absolute Gasteiger partial charge is 0.162 e. The lowest BCUT2D eigenvalue weighted by molar-refractivity contribution is 0.564. The lowest BCUT2D eigenvalue weighted by Gasteiger charge is -2.21. The molecular formula is C13H16BrN3S. The van der Waals surface area contributed by atoms with Crippen molar-refractivity contribution in [3.63, 3.8) is 0 Å². The molecule has 1 N–H and O–H groups in total. The van der Waals surface area contributed by atoms with Gasteiger partial charge in [0.2, 0.25) is 0 Å². The molecule has 0 atom stereocenters. The fourth-order valence-corrected chi connectivity index (χ4v) is 3.24. The molecule has 0 aliphatic heterocycles. The van der Waals surface area contributed by atoms with E-state index < -0.39 is 0 Å². The van der Waals surface area contributed by atoms with Crippen LogP contribution in [0.15, 0.2) is 21.3 Å². The monoisotopic (exact) mass is 325 g/mol. The summed E-state index contributed by atoms with van der Waals surface area (Å²) in [5.41, 5.74) is 2.05. The van der Waals surface area contributed by atoms with Gasteiger partial charge in [-0.2, -0.15) is 11.3 Å². The molecule has 5 heteroatoms. The van der Waals surface area contributed by atoms with Crippen molar-refractivity contribution >= 4 is 33.1 Å². The van der Waals surface area contributed by atoms with Gasteiger partial charge in [-0.15, -0.1) is 0 Å². The highest BCUT2D eigenvalue weighted by Gasteiger charge is 2.23. The largest absolute Gasteiger partial charge is 0.372 e. The first-order valence-electron chi connectivity index (χ1n) is 5.72.